The molecule has 24 heavy (non-hydrogen) atoms. The van der Waals surface area contributed by atoms with Crippen molar-refractivity contribution in [2.45, 2.75) is 43.6 Å². The zero-order chi connectivity index (χ0) is 17.9. The molecule has 0 aromatic heterocycles. The summed E-state index contributed by atoms with van der Waals surface area (Å²) in [5.74, 6) is -1.30. The van der Waals surface area contributed by atoms with Crippen LogP contribution in [0.25, 0.3) is 0 Å². The molecule has 1 fully saturated rings. The Bertz CT molecular complexity index is 567. The van der Waals surface area contributed by atoms with Crippen LogP contribution in [0.4, 0.5) is 0 Å². The molecule has 2 rings (SSSR count). The summed E-state index contributed by atoms with van der Waals surface area (Å²) in [5, 5.41) is 19.8. The van der Waals surface area contributed by atoms with Gasteiger partial charge in [-0.25, -0.2) is 9.68 Å². The maximum absolute atomic E-state index is 12.2. The first-order chi connectivity index (χ1) is 11.4. The highest BCUT2D eigenvalue weighted by Gasteiger charge is 2.53. The van der Waals surface area contributed by atoms with Crippen molar-refractivity contribution in [2.24, 2.45) is 5.73 Å². The number of thioether (sulfide) groups is 1. The zero-order valence-corrected chi connectivity index (χ0v) is 14.0. The first-order valence-corrected chi connectivity index (χ1v) is 8.60. The Hall–Kier alpha value is -1.62. The number of nitrogens with zero attached hydrogens (tertiary/aromatic N) is 1. The summed E-state index contributed by atoms with van der Waals surface area (Å²) in [6, 6.07) is -1.05. The summed E-state index contributed by atoms with van der Waals surface area (Å²) in [4.78, 5) is 40.6. The number of β-lactam (4-membered cyclic amide) rings is 1. The fraction of sp³-hybridized carbons (Fsp3) is 0.643. The topological polar surface area (TPSA) is 142 Å². The average Bonchev–Trinajstić information content (AvgIpc) is 2.52. The summed E-state index contributed by atoms with van der Waals surface area (Å²) in [7, 11) is 0. The minimum absolute atomic E-state index is 0.0000546. The number of carbonyl (C=O) groups is 3. The van der Waals surface area contributed by atoms with Gasteiger partial charge in [-0.2, -0.15) is 0 Å². The van der Waals surface area contributed by atoms with Crippen molar-refractivity contribution in [1.29, 1.82) is 0 Å². The lowest BCUT2D eigenvalue weighted by atomic mass is 10.0. The lowest BCUT2D eigenvalue weighted by molar-refractivity contribution is -0.245. The van der Waals surface area contributed by atoms with Crippen LogP contribution in [0.15, 0.2) is 11.3 Å². The van der Waals surface area contributed by atoms with Crippen LogP contribution in [0.3, 0.4) is 0 Å². The van der Waals surface area contributed by atoms with E-state index in [1.807, 2.05) is 0 Å². The van der Waals surface area contributed by atoms with E-state index < -0.39 is 17.9 Å². The number of carbonyl (C=O) groups excluding carboxylic acids is 2. The molecule has 1 saturated heterocycles. The lowest BCUT2D eigenvalue weighted by Gasteiger charge is -2.49. The molecule has 2 aliphatic rings. The van der Waals surface area contributed by atoms with Crippen LogP contribution < -0.4 is 11.1 Å². The van der Waals surface area contributed by atoms with E-state index in [9.17, 15) is 19.5 Å². The third kappa shape index (κ3) is 3.89. The lowest BCUT2D eigenvalue weighted by Crippen LogP contribution is -2.70. The van der Waals surface area contributed by atoms with E-state index in [0.717, 1.165) is 0 Å². The van der Waals surface area contributed by atoms with Gasteiger partial charge in [-0.1, -0.05) is 0 Å². The second-order valence-electron chi connectivity index (χ2n) is 5.84. The highest BCUT2D eigenvalue weighted by molar-refractivity contribution is 8.00. The van der Waals surface area contributed by atoms with Crippen molar-refractivity contribution >= 4 is 29.5 Å². The molecule has 2 heterocycles. The Morgan fingerprint density at radius 3 is 2.88 bits per heavy atom. The quantitative estimate of drug-likeness (QED) is 0.264. The predicted molar refractivity (Wildman–Crippen MR) is 85.8 cm³/mol. The fourth-order valence-electron chi connectivity index (χ4n) is 2.72. The Balaban J connectivity index is 1.84. The van der Waals surface area contributed by atoms with Crippen LogP contribution in [0, 0.1) is 0 Å². The highest BCUT2D eigenvalue weighted by atomic mass is 32.2. The van der Waals surface area contributed by atoms with Crippen molar-refractivity contribution in [3.8, 4) is 0 Å². The molecule has 0 aromatic rings. The maximum atomic E-state index is 12.2. The fourth-order valence-corrected chi connectivity index (χ4v) is 4.02. The molecule has 134 valence electrons. The van der Waals surface area contributed by atoms with Gasteiger partial charge in [-0.3, -0.25) is 19.7 Å². The Morgan fingerprint density at radius 2 is 2.25 bits per heavy atom. The molecular formula is C14H21N3O6S. The van der Waals surface area contributed by atoms with E-state index >= 15 is 0 Å². The smallest absolute Gasteiger partial charge is 0.352 e. The van der Waals surface area contributed by atoms with Crippen molar-refractivity contribution in [3.63, 3.8) is 0 Å². The van der Waals surface area contributed by atoms with E-state index in [1.54, 1.807) is 6.92 Å². The summed E-state index contributed by atoms with van der Waals surface area (Å²) < 4.78 is 0. The number of nitrogens with two attached hydrogens (primary N) is 1. The number of carboxylic acid groups (broad SMARTS) is 1. The molecule has 3 unspecified atom stereocenters. The average molecular weight is 359 g/mol. The summed E-state index contributed by atoms with van der Waals surface area (Å²) in [6.07, 6.45) is 1.20. The zero-order valence-electron chi connectivity index (χ0n) is 13.2. The van der Waals surface area contributed by atoms with Gasteiger partial charge in [0.15, 0.2) is 0 Å². The van der Waals surface area contributed by atoms with Crippen LogP contribution in [-0.2, 0) is 19.3 Å². The molecule has 0 bridgehead atoms. The molecule has 0 aromatic carbocycles. The maximum Gasteiger partial charge on any atom is 0.352 e. The van der Waals surface area contributed by atoms with E-state index in [1.165, 1.54) is 16.7 Å². The van der Waals surface area contributed by atoms with Crippen LogP contribution in [0.2, 0.25) is 0 Å². The summed E-state index contributed by atoms with van der Waals surface area (Å²) in [5.41, 5.74) is 6.29. The number of amides is 2. The molecule has 2 aliphatic heterocycles. The number of fused-ring (bicyclic) bond motifs is 1. The van der Waals surface area contributed by atoms with Gasteiger partial charge >= 0.3 is 5.97 Å². The minimum Gasteiger partial charge on any atom is -0.477 e. The molecule has 0 aliphatic carbocycles. The largest absolute Gasteiger partial charge is 0.477 e. The Labute approximate surface area is 143 Å². The SMILES string of the molecule is CC1=C(C(=O)O)N2C(=O)C(NC(=O)CCCC(N)COO)C2SC1. The first kappa shape index (κ1) is 18.7. The third-order valence-electron chi connectivity index (χ3n) is 3.95. The van der Waals surface area contributed by atoms with Crippen molar-refractivity contribution in [1.82, 2.24) is 10.2 Å². The van der Waals surface area contributed by atoms with E-state index in [0.29, 0.717) is 24.2 Å². The number of hydrogen-bond donors (Lipinski definition) is 4. The van der Waals surface area contributed by atoms with Crippen LogP contribution >= 0.6 is 11.8 Å². The molecule has 0 spiro atoms. The molecule has 0 radical (unpaired) electrons. The number of carboxylic acids is 1. The highest BCUT2D eigenvalue weighted by Crippen LogP contribution is 2.40. The summed E-state index contributed by atoms with van der Waals surface area (Å²) in [6.45, 7) is 1.69. The van der Waals surface area contributed by atoms with Crippen molar-refractivity contribution < 1.29 is 29.6 Å². The van der Waals surface area contributed by atoms with Gasteiger partial charge in [0.2, 0.25) is 5.91 Å². The van der Waals surface area contributed by atoms with Gasteiger partial charge in [0.25, 0.3) is 5.91 Å². The van der Waals surface area contributed by atoms with Gasteiger partial charge < -0.3 is 16.2 Å². The second kappa shape index (κ2) is 7.97. The van der Waals surface area contributed by atoms with E-state index in [4.69, 9.17) is 11.0 Å². The third-order valence-corrected chi connectivity index (χ3v) is 5.37. The monoisotopic (exact) mass is 359 g/mol. The predicted octanol–water partition coefficient (Wildman–Crippen LogP) is -0.268. The van der Waals surface area contributed by atoms with Gasteiger partial charge in [0.1, 0.15) is 17.1 Å². The standard InChI is InChI=1S/C14H21N3O6S/c1-7-6-24-13-10(12(19)17(13)11(7)14(20)21)16-9(18)4-2-3-8(15)5-23-22/h8,10,13,22H,2-6,15H2,1H3,(H,16,18)(H,20,21). The number of nitrogens with one attached hydrogen (secondary N) is 1. The normalized spacial score (nSPS) is 24.3. The summed E-state index contributed by atoms with van der Waals surface area (Å²) >= 11 is 1.44. The van der Waals surface area contributed by atoms with Crippen LogP contribution in [0.1, 0.15) is 26.2 Å². The van der Waals surface area contributed by atoms with Crippen molar-refractivity contribution in [3.05, 3.63) is 11.3 Å². The van der Waals surface area contributed by atoms with Gasteiger partial charge in [-0.05, 0) is 25.3 Å². The second-order valence-corrected chi connectivity index (χ2v) is 6.94. The van der Waals surface area contributed by atoms with Gasteiger partial charge in [0, 0.05) is 18.2 Å². The van der Waals surface area contributed by atoms with Crippen LogP contribution in [-0.4, -0.2) is 62.9 Å². The Morgan fingerprint density at radius 1 is 1.54 bits per heavy atom. The van der Waals surface area contributed by atoms with E-state index in [-0.39, 0.29) is 36.0 Å². The van der Waals surface area contributed by atoms with Crippen LogP contribution in [0.5, 0.6) is 0 Å². The first-order valence-electron chi connectivity index (χ1n) is 7.55. The molecule has 0 saturated carbocycles. The van der Waals surface area contributed by atoms with Gasteiger partial charge in [-0.15, -0.1) is 11.8 Å². The molecule has 10 heteroatoms. The van der Waals surface area contributed by atoms with Crippen molar-refractivity contribution in [2.75, 3.05) is 12.4 Å². The molecule has 2 amide bonds. The molecular weight excluding hydrogens is 338 g/mol. The number of aliphatic carboxylic acids is 1. The number of hydrogen-bond acceptors (Lipinski definition) is 7. The van der Waals surface area contributed by atoms with Gasteiger partial charge in [0.05, 0.1) is 6.61 Å². The molecule has 9 nitrogen and oxygen atoms in total. The van der Waals surface area contributed by atoms with E-state index in [2.05, 4.69) is 10.2 Å². The Kier molecular flexibility index (Phi) is 6.21. The molecule has 5 N–H and O–H groups in total. The minimum atomic E-state index is -1.13. The molecule has 3 atom stereocenters. The number of rotatable bonds is 8.